The minimum Gasteiger partial charge on any atom is -0.353 e. The van der Waals surface area contributed by atoms with Gasteiger partial charge in [0.05, 0.1) is 10.4 Å². The first-order chi connectivity index (χ1) is 12.7. The van der Waals surface area contributed by atoms with E-state index >= 15 is 0 Å². The first kappa shape index (κ1) is 16.4. The van der Waals surface area contributed by atoms with Crippen LogP contribution in [0.15, 0.2) is 54.9 Å². The summed E-state index contributed by atoms with van der Waals surface area (Å²) in [7, 11) is 0. The number of nitro groups is 1. The molecule has 1 aromatic heterocycles. The van der Waals surface area contributed by atoms with Crippen molar-refractivity contribution in [1.29, 1.82) is 0 Å². The number of fused-ring (bicyclic) bond motifs is 1. The first-order valence-corrected chi connectivity index (χ1v) is 8.61. The van der Waals surface area contributed by atoms with Crippen molar-refractivity contribution in [2.45, 2.75) is 6.54 Å². The van der Waals surface area contributed by atoms with Crippen molar-refractivity contribution in [2.75, 3.05) is 31.1 Å². The average molecular weight is 349 g/mol. The summed E-state index contributed by atoms with van der Waals surface area (Å²) in [5, 5.41) is 12.0. The molecular weight excluding hydrogens is 330 g/mol. The molecule has 7 heteroatoms. The van der Waals surface area contributed by atoms with Crippen LogP contribution in [0, 0.1) is 10.1 Å². The Morgan fingerprint density at radius 3 is 2.62 bits per heavy atom. The zero-order valence-electron chi connectivity index (χ0n) is 14.3. The largest absolute Gasteiger partial charge is 0.353 e. The van der Waals surface area contributed by atoms with E-state index in [4.69, 9.17) is 0 Å². The molecule has 0 N–H and O–H groups in total. The fourth-order valence-electron chi connectivity index (χ4n) is 3.39. The standard InChI is InChI=1S/C19H19N5O2/c25-24(26)16-5-3-4-15(12-16)13-22-8-10-23(11-9-22)19-17-6-1-2-7-18(17)20-14-21-19/h1-7,12,14H,8-11,13H2. The summed E-state index contributed by atoms with van der Waals surface area (Å²) in [6, 6.07) is 14.9. The lowest BCUT2D eigenvalue weighted by Gasteiger charge is -2.35. The van der Waals surface area contributed by atoms with E-state index in [-0.39, 0.29) is 10.6 Å². The Balaban J connectivity index is 1.44. The summed E-state index contributed by atoms with van der Waals surface area (Å²) >= 11 is 0. The number of para-hydroxylation sites is 1. The summed E-state index contributed by atoms with van der Waals surface area (Å²) in [6.07, 6.45) is 1.62. The Morgan fingerprint density at radius 1 is 1.00 bits per heavy atom. The van der Waals surface area contributed by atoms with Crippen molar-refractivity contribution in [3.05, 3.63) is 70.5 Å². The van der Waals surface area contributed by atoms with E-state index in [2.05, 4.69) is 25.8 Å². The molecule has 26 heavy (non-hydrogen) atoms. The molecule has 0 spiro atoms. The monoisotopic (exact) mass is 349 g/mol. The normalized spacial score (nSPS) is 15.3. The predicted octanol–water partition coefficient (Wildman–Crippen LogP) is 2.86. The molecule has 1 saturated heterocycles. The van der Waals surface area contributed by atoms with E-state index < -0.39 is 0 Å². The Hall–Kier alpha value is -3.06. The van der Waals surface area contributed by atoms with Crippen LogP contribution < -0.4 is 4.90 Å². The van der Waals surface area contributed by atoms with E-state index in [0.717, 1.165) is 55.0 Å². The number of nitro benzene ring substituents is 1. The maximum atomic E-state index is 10.9. The van der Waals surface area contributed by atoms with Gasteiger partial charge in [0.2, 0.25) is 0 Å². The Kier molecular flexibility index (Phi) is 4.45. The fraction of sp³-hybridized carbons (Fsp3) is 0.263. The molecule has 1 fully saturated rings. The Bertz CT molecular complexity index is 933. The van der Waals surface area contributed by atoms with Crippen molar-refractivity contribution < 1.29 is 4.92 Å². The molecule has 0 radical (unpaired) electrons. The highest BCUT2D eigenvalue weighted by atomic mass is 16.6. The quantitative estimate of drug-likeness (QED) is 0.532. The van der Waals surface area contributed by atoms with Crippen LogP contribution in [0.25, 0.3) is 10.9 Å². The highest BCUT2D eigenvalue weighted by Gasteiger charge is 2.20. The summed E-state index contributed by atoms with van der Waals surface area (Å²) in [5.74, 6) is 0.977. The van der Waals surface area contributed by atoms with Crippen LogP contribution in [-0.4, -0.2) is 46.0 Å². The third-order valence-electron chi connectivity index (χ3n) is 4.72. The van der Waals surface area contributed by atoms with Crippen LogP contribution in [0.4, 0.5) is 11.5 Å². The molecule has 0 atom stereocenters. The molecular formula is C19H19N5O2. The molecule has 1 aliphatic rings. The highest BCUT2D eigenvalue weighted by molar-refractivity contribution is 5.89. The van der Waals surface area contributed by atoms with Crippen LogP contribution in [0.3, 0.4) is 0 Å². The van der Waals surface area contributed by atoms with Crippen molar-refractivity contribution in [3.8, 4) is 0 Å². The third kappa shape index (κ3) is 3.34. The maximum absolute atomic E-state index is 10.9. The van der Waals surface area contributed by atoms with Crippen LogP contribution >= 0.6 is 0 Å². The summed E-state index contributed by atoms with van der Waals surface area (Å²) in [6.45, 7) is 4.24. The molecule has 3 aromatic rings. The average Bonchev–Trinajstić information content (AvgIpc) is 2.68. The van der Waals surface area contributed by atoms with Crippen LogP contribution in [-0.2, 0) is 6.54 Å². The van der Waals surface area contributed by atoms with E-state index in [9.17, 15) is 10.1 Å². The van der Waals surface area contributed by atoms with Crippen LogP contribution in [0.2, 0.25) is 0 Å². The minimum atomic E-state index is -0.346. The number of benzene rings is 2. The molecule has 0 saturated carbocycles. The lowest BCUT2D eigenvalue weighted by Crippen LogP contribution is -2.46. The van der Waals surface area contributed by atoms with E-state index in [1.54, 1.807) is 18.5 Å². The maximum Gasteiger partial charge on any atom is 0.269 e. The van der Waals surface area contributed by atoms with Gasteiger partial charge in [-0.3, -0.25) is 15.0 Å². The number of hydrogen-bond donors (Lipinski definition) is 0. The lowest BCUT2D eigenvalue weighted by molar-refractivity contribution is -0.384. The second kappa shape index (κ2) is 7.05. The molecule has 132 valence electrons. The van der Waals surface area contributed by atoms with Gasteiger partial charge in [-0.2, -0.15) is 0 Å². The molecule has 4 rings (SSSR count). The van der Waals surface area contributed by atoms with Gasteiger partial charge in [0.25, 0.3) is 5.69 Å². The minimum absolute atomic E-state index is 0.147. The van der Waals surface area contributed by atoms with Gasteiger partial charge < -0.3 is 4.90 Å². The molecule has 7 nitrogen and oxygen atoms in total. The van der Waals surface area contributed by atoms with Crippen molar-refractivity contribution in [2.24, 2.45) is 0 Å². The van der Waals surface area contributed by atoms with E-state index in [1.807, 2.05) is 24.3 Å². The van der Waals surface area contributed by atoms with Crippen LogP contribution in [0.1, 0.15) is 5.56 Å². The van der Waals surface area contributed by atoms with Gasteiger partial charge in [-0.1, -0.05) is 24.3 Å². The summed E-state index contributed by atoms with van der Waals surface area (Å²) in [5.41, 5.74) is 2.07. The second-order valence-corrected chi connectivity index (χ2v) is 6.40. The topological polar surface area (TPSA) is 75.4 Å². The Labute approximate surface area is 151 Å². The molecule has 0 bridgehead atoms. The predicted molar refractivity (Wildman–Crippen MR) is 100 cm³/mol. The summed E-state index contributed by atoms with van der Waals surface area (Å²) in [4.78, 5) is 24.0. The van der Waals surface area contributed by atoms with Gasteiger partial charge in [-0.15, -0.1) is 0 Å². The number of non-ortho nitro benzene ring substituents is 1. The smallest absolute Gasteiger partial charge is 0.269 e. The second-order valence-electron chi connectivity index (χ2n) is 6.40. The molecule has 2 heterocycles. The van der Waals surface area contributed by atoms with Gasteiger partial charge in [-0.05, 0) is 17.7 Å². The zero-order valence-corrected chi connectivity index (χ0v) is 14.3. The Morgan fingerprint density at radius 2 is 1.81 bits per heavy atom. The number of aromatic nitrogens is 2. The first-order valence-electron chi connectivity index (χ1n) is 8.61. The van der Waals surface area contributed by atoms with Gasteiger partial charge in [-0.25, -0.2) is 9.97 Å². The molecule has 1 aliphatic heterocycles. The molecule has 0 aliphatic carbocycles. The zero-order chi connectivity index (χ0) is 17.9. The lowest BCUT2D eigenvalue weighted by atomic mass is 10.1. The number of piperazine rings is 1. The van der Waals surface area contributed by atoms with Crippen molar-refractivity contribution in [3.63, 3.8) is 0 Å². The van der Waals surface area contributed by atoms with Crippen molar-refractivity contribution >= 4 is 22.4 Å². The van der Waals surface area contributed by atoms with Gasteiger partial charge in [0, 0.05) is 50.2 Å². The third-order valence-corrected chi connectivity index (χ3v) is 4.72. The van der Waals surface area contributed by atoms with Crippen molar-refractivity contribution in [1.82, 2.24) is 14.9 Å². The molecule has 0 unspecified atom stereocenters. The fourth-order valence-corrected chi connectivity index (χ4v) is 3.39. The van der Waals surface area contributed by atoms with E-state index in [1.165, 1.54) is 6.07 Å². The SMILES string of the molecule is O=[N+]([O-])c1cccc(CN2CCN(c3ncnc4ccccc34)CC2)c1. The number of hydrogen-bond acceptors (Lipinski definition) is 6. The molecule has 0 amide bonds. The van der Waals surface area contributed by atoms with E-state index in [0.29, 0.717) is 0 Å². The highest BCUT2D eigenvalue weighted by Crippen LogP contribution is 2.24. The number of rotatable bonds is 4. The molecule has 2 aromatic carbocycles. The van der Waals surface area contributed by atoms with Gasteiger partial charge in [0.1, 0.15) is 12.1 Å². The van der Waals surface area contributed by atoms with Gasteiger partial charge in [0.15, 0.2) is 0 Å². The number of nitrogens with zero attached hydrogens (tertiary/aromatic N) is 5. The number of anilines is 1. The van der Waals surface area contributed by atoms with Crippen LogP contribution in [0.5, 0.6) is 0 Å². The summed E-state index contributed by atoms with van der Waals surface area (Å²) < 4.78 is 0. The van der Waals surface area contributed by atoms with Gasteiger partial charge >= 0.3 is 0 Å².